The van der Waals surface area contributed by atoms with Crippen LogP contribution in [0.3, 0.4) is 0 Å². The van der Waals surface area contributed by atoms with Gasteiger partial charge in [-0.05, 0) is 43.7 Å². The van der Waals surface area contributed by atoms with Crippen LogP contribution in [0.2, 0.25) is 5.02 Å². The number of fused-ring (bicyclic) bond motifs is 1. The number of aromatic nitrogens is 1. The number of nitrogens with zero attached hydrogens (tertiary/aromatic N) is 2. The molecule has 2 heterocycles. The van der Waals surface area contributed by atoms with Crippen LogP contribution in [0.5, 0.6) is 0 Å². The van der Waals surface area contributed by atoms with Crippen LogP contribution in [0.4, 0.5) is 5.69 Å². The zero-order valence-electron chi connectivity index (χ0n) is 17.0. The predicted octanol–water partition coefficient (Wildman–Crippen LogP) is 3.47. The normalized spacial score (nSPS) is 16.0. The van der Waals surface area contributed by atoms with Crippen molar-refractivity contribution in [3.8, 4) is 0 Å². The number of carbonyl (C=O) groups is 1. The minimum Gasteiger partial charge on any atom is -0.463 e. The van der Waals surface area contributed by atoms with Crippen LogP contribution < -0.4 is 20.2 Å². The number of rotatable bonds is 5. The summed E-state index contributed by atoms with van der Waals surface area (Å²) in [5.74, 6) is -0.486. The van der Waals surface area contributed by atoms with Crippen LogP contribution in [0.25, 0.3) is 6.20 Å². The Balaban J connectivity index is 1.87. The number of esters is 1. The van der Waals surface area contributed by atoms with Gasteiger partial charge in [0.1, 0.15) is 4.53 Å². The van der Waals surface area contributed by atoms with E-state index in [1.165, 1.54) is 11.3 Å². The number of thiazole rings is 1. The molecule has 0 aliphatic carbocycles. The van der Waals surface area contributed by atoms with Gasteiger partial charge in [-0.2, -0.15) is 0 Å². The lowest BCUT2D eigenvalue weighted by molar-refractivity contribution is -0.139. The average Bonchev–Trinajstić information content (AvgIpc) is 3.07. The van der Waals surface area contributed by atoms with Crippen LogP contribution >= 0.6 is 22.9 Å². The van der Waals surface area contributed by atoms with Gasteiger partial charge in [-0.25, -0.2) is 9.79 Å². The minimum atomic E-state index is -0.647. The molecule has 31 heavy (non-hydrogen) atoms. The minimum absolute atomic E-state index is 0.231. The number of allylic oxidation sites excluding steroid dienone is 1. The van der Waals surface area contributed by atoms with Crippen molar-refractivity contribution in [3.05, 3.63) is 96.1 Å². The third-order valence-corrected chi connectivity index (χ3v) is 6.08. The zero-order valence-corrected chi connectivity index (χ0v) is 18.5. The molecular formula is C23H20ClN3O3S. The van der Waals surface area contributed by atoms with Gasteiger partial charge in [0.2, 0.25) is 0 Å². The van der Waals surface area contributed by atoms with Gasteiger partial charge in [0.15, 0.2) is 4.80 Å². The number of hydrogen-bond acceptors (Lipinski definition) is 6. The molecule has 2 aromatic carbocycles. The van der Waals surface area contributed by atoms with E-state index in [0.717, 1.165) is 11.3 Å². The molecule has 0 radical (unpaired) electrons. The van der Waals surface area contributed by atoms with Crippen molar-refractivity contribution in [1.29, 1.82) is 0 Å². The first-order valence-electron chi connectivity index (χ1n) is 9.74. The molecule has 8 heteroatoms. The number of ether oxygens (including phenoxy) is 1. The van der Waals surface area contributed by atoms with Crippen LogP contribution in [0.1, 0.15) is 25.5 Å². The molecule has 0 fully saturated rings. The molecule has 0 saturated heterocycles. The molecule has 1 aliphatic rings. The molecule has 1 aliphatic heterocycles. The maximum atomic E-state index is 13.4. The summed E-state index contributed by atoms with van der Waals surface area (Å²) < 4.78 is 7.31. The molecule has 3 aromatic rings. The third-order valence-electron chi connectivity index (χ3n) is 4.85. The largest absolute Gasteiger partial charge is 0.463 e. The maximum absolute atomic E-state index is 13.4. The fourth-order valence-corrected chi connectivity index (χ4v) is 4.53. The van der Waals surface area contributed by atoms with Gasteiger partial charge >= 0.3 is 5.97 Å². The number of carbonyl (C=O) groups excluding carboxylic acids is 1. The lowest BCUT2D eigenvalue weighted by Crippen LogP contribution is -2.40. The summed E-state index contributed by atoms with van der Waals surface area (Å²) in [6.07, 6.45) is 1.67. The Labute approximate surface area is 187 Å². The molecule has 0 unspecified atom stereocenters. The maximum Gasteiger partial charge on any atom is 0.338 e. The summed E-state index contributed by atoms with van der Waals surface area (Å²) in [7, 11) is 0. The Bertz CT molecular complexity index is 1330. The number of hydrogen-bond donors (Lipinski definition) is 1. The van der Waals surface area contributed by atoms with Crippen molar-refractivity contribution in [2.45, 2.75) is 19.9 Å². The number of anilines is 1. The molecule has 1 N–H and O–H groups in total. The summed E-state index contributed by atoms with van der Waals surface area (Å²) in [5, 5.41) is 3.72. The molecular weight excluding hydrogens is 434 g/mol. The summed E-state index contributed by atoms with van der Waals surface area (Å²) in [4.78, 5) is 31.2. The second-order valence-electron chi connectivity index (χ2n) is 6.86. The van der Waals surface area contributed by atoms with Gasteiger partial charge in [0.25, 0.3) is 5.56 Å². The lowest BCUT2D eigenvalue weighted by atomic mass is 9.96. The topological polar surface area (TPSA) is 72.7 Å². The molecule has 158 valence electrons. The lowest BCUT2D eigenvalue weighted by Gasteiger charge is -2.24. The Morgan fingerprint density at radius 3 is 2.61 bits per heavy atom. The van der Waals surface area contributed by atoms with Crippen LogP contribution in [0, 0.1) is 0 Å². The molecule has 0 saturated carbocycles. The SMILES string of the molecule is CCOC(=O)C1=C(C)N=c2s/c(=C\Nc3ccccc3)c(=O)n2[C@@H]1c1ccc(Cl)cc1. The van der Waals surface area contributed by atoms with Crippen molar-refractivity contribution >= 4 is 40.8 Å². The molecule has 6 nitrogen and oxygen atoms in total. The number of benzene rings is 2. The average molecular weight is 454 g/mol. The van der Waals surface area contributed by atoms with Crippen molar-refractivity contribution in [2.75, 3.05) is 11.9 Å². The van der Waals surface area contributed by atoms with E-state index in [1.54, 1.807) is 36.7 Å². The highest BCUT2D eigenvalue weighted by atomic mass is 35.5. The quantitative estimate of drug-likeness (QED) is 0.600. The second kappa shape index (κ2) is 8.91. The zero-order chi connectivity index (χ0) is 22.0. The highest BCUT2D eigenvalue weighted by Crippen LogP contribution is 2.31. The van der Waals surface area contributed by atoms with E-state index in [2.05, 4.69) is 10.3 Å². The molecule has 4 rings (SSSR count). The highest BCUT2D eigenvalue weighted by Gasteiger charge is 2.33. The first-order chi connectivity index (χ1) is 15.0. The van der Waals surface area contributed by atoms with E-state index in [0.29, 0.717) is 25.6 Å². The molecule has 0 spiro atoms. The fourth-order valence-electron chi connectivity index (χ4n) is 3.44. The molecule has 1 aromatic heterocycles. The van der Waals surface area contributed by atoms with Gasteiger partial charge in [-0.3, -0.25) is 9.36 Å². The van der Waals surface area contributed by atoms with Crippen LogP contribution in [-0.4, -0.2) is 17.1 Å². The van der Waals surface area contributed by atoms with E-state index in [4.69, 9.17) is 16.3 Å². The molecule has 0 bridgehead atoms. The standard InChI is InChI=1S/C23H20ClN3O3S/c1-3-30-22(29)19-14(2)26-23-27(20(19)15-9-11-16(24)12-10-15)21(28)18(31-23)13-25-17-7-5-4-6-8-17/h4-13,20,25H,3H2,1-2H3/b18-13-/t20-/m1/s1. The molecule has 0 amide bonds. The number of halogens is 1. The molecule has 1 atom stereocenters. The number of para-hydroxylation sites is 1. The Morgan fingerprint density at radius 1 is 1.23 bits per heavy atom. The Hall–Kier alpha value is -3.16. The van der Waals surface area contributed by atoms with Crippen molar-refractivity contribution in [2.24, 2.45) is 4.99 Å². The van der Waals surface area contributed by atoms with Gasteiger partial charge in [0.05, 0.1) is 23.9 Å². The first kappa shape index (κ1) is 21.1. The van der Waals surface area contributed by atoms with E-state index in [1.807, 2.05) is 42.5 Å². The highest BCUT2D eigenvalue weighted by molar-refractivity contribution is 7.07. The van der Waals surface area contributed by atoms with Gasteiger partial charge in [-0.15, -0.1) is 0 Å². The summed E-state index contributed by atoms with van der Waals surface area (Å²) in [5.41, 5.74) is 2.26. The summed E-state index contributed by atoms with van der Waals surface area (Å²) in [6.45, 7) is 3.73. The van der Waals surface area contributed by atoms with Crippen LogP contribution in [-0.2, 0) is 9.53 Å². The number of nitrogens with one attached hydrogen (secondary N) is 1. The van der Waals surface area contributed by atoms with Crippen molar-refractivity contribution in [1.82, 2.24) is 4.57 Å². The summed E-state index contributed by atoms with van der Waals surface area (Å²) >= 11 is 7.33. The van der Waals surface area contributed by atoms with E-state index < -0.39 is 12.0 Å². The monoisotopic (exact) mass is 453 g/mol. The van der Waals surface area contributed by atoms with E-state index >= 15 is 0 Å². The summed E-state index contributed by atoms with van der Waals surface area (Å²) in [6, 6.07) is 16.0. The third kappa shape index (κ3) is 4.19. The Kier molecular flexibility index (Phi) is 6.06. The fraction of sp³-hybridized carbons (Fsp3) is 0.174. The van der Waals surface area contributed by atoms with Gasteiger partial charge in [0, 0.05) is 16.9 Å². The first-order valence-corrected chi connectivity index (χ1v) is 10.9. The van der Waals surface area contributed by atoms with Crippen LogP contribution in [0.15, 0.2) is 75.7 Å². The van der Waals surface area contributed by atoms with Crippen molar-refractivity contribution in [3.63, 3.8) is 0 Å². The van der Waals surface area contributed by atoms with Gasteiger partial charge in [-0.1, -0.05) is 53.3 Å². The van der Waals surface area contributed by atoms with Gasteiger partial charge < -0.3 is 10.1 Å². The smallest absolute Gasteiger partial charge is 0.338 e. The Morgan fingerprint density at radius 2 is 1.94 bits per heavy atom. The predicted molar refractivity (Wildman–Crippen MR) is 123 cm³/mol. The van der Waals surface area contributed by atoms with Crippen molar-refractivity contribution < 1.29 is 9.53 Å². The van der Waals surface area contributed by atoms with E-state index in [-0.39, 0.29) is 12.2 Å². The van der Waals surface area contributed by atoms with E-state index in [9.17, 15) is 9.59 Å². The second-order valence-corrected chi connectivity index (χ2v) is 8.31.